The van der Waals surface area contributed by atoms with Crippen molar-refractivity contribution < 1.29 is 5.11 Å². The third-order valence-corrected chi connectivity index (χ3v) is 2.37. The minimum absolute atomic E-state index is 0.110. The molecular weight excluding hydrogens is 136 g/mol. The third kappa shape index (κ3) is 3.57. The van der Waals surface area contributed by atoms with Gasteiger partial charge in [0.1, 0.15) is 0 Å². The van der Waals surface area contributed by atoms with E-state index in [9.17, 15) is 0 Å². The predicted molar refractivity (Wildman–Crippen MR) is 47.4 cm³/mol. The highest BCUT2D eigenvalue weighted by Gasteiger charge is 2.10. The van der Waals surface area contributed by atoms with Crippen LogP contribution in [-0.2, 0) is 0 Å². The summed E-state index contributed by atoms with van der Waals surface area (Å²) in [4.78, 5) is 0. The lowest BCUT2D eigenvalue weighted by atomic mass is 9.89. The fourth-order valence-electron chi connectivity index (χ4n) is 1.60. The van der Waals surface area contributed by atoms with E-state index in [-0.39, 0.29) is 6.10 Å². The van der Waals surface area contributed by atoms with Gasteiger partial charge < -0.3 is 5.11 Å². The molecule has 0 radical (unpaired) electrons. The standard InChI is InChI=1S/C10H18O/c1-9(11)7-8-10-5-3-2-4-6-10/h2-3,9-11H,4-8H2,1H3/t9-,10+/m0/s1. The molecule has 0 saturated heterocycles. The number of rotatable bonds is 3. The summed E-state index contributed by atoms with van der Waals surface area (Å²) >= 11 is 0. The van der Waals surface area contributed by atoms with Crippen molar-refractivity contribution >= 4 is 0 Å². The highest BCUT2D eigenvalue weighted by atomic mass is 16.3. The Morgan fingerprint density at radius 2 is 2.36 bits per heavy atom. The van der Waals surface area contributed by atoms with Crippen molar-refractivity contribution in [3.05, 3.63) is 12.2 Å². The maximum absolute atomic E-state index is 9.06. The van der Waals surface area contributed by atoms with Crippen LogP contribution in [0.2, 0.25) is 0 Å². The van der Waals surface area contributed by atoms with E-state index in [0.717, 1.165) is 12.3 Å². The molecule has 0 saturated carbocycles. The molecule has 0 bridgehead atoms. The molecule has 2 atom stereocenters. The van der Waals surface area contributed by atoms with E-state index >= 15 is 0 Å². The highest BCUT2D eigenvalue weighted by molar-refractivity contribution is 4.89. The highest BCUT2D eigenvalue weighted by Crippen LogP contribution is 2.23. The van der Waals surface area contributed by atoms with Crippen LogP contribution in [0.5, 0.6) is 0 Å². The quantitative estimate of drug-likeness (QED) is 0.619. The van der Waals surface area contributed by atoms with Gasteiger partial charge >= 0.3 is 0 Å². The van der Waals surface area contributed by atoms with Gasteiger partial charge in [-0.1, -0.05) is 12.2 Å². The fraction of sp³-hybridized carbons (Fsp3) is 0.800. The van der Waals surface area contributed by atoms with Crippen molar-refractivity contribution in [2.75, 3.05) is 0 Å². The average molecular weight is 154 g/mol. The monoisotopic (exact) mass is 154 g/mol. The average Bonchev–Trinajstić information content (AvgIpc) is 2.03. The second kappa shape index (κ2) is 4.55. The molecule has 1 aliphatic rings. The molecule has 1 rings (SSSR count). The van der Waals surface area contributed by atoms with Crippen LogP contribution in [0.15, 0.2) is 12.2 Å². The molecule has 0 aliphatic heterocycles. The van der Waals surface area contributed by atoms with Crippen LogP contribution in [0.3, 0.4) is 0 Å². The van der Waals surface area contributed by atoms with Gasteiger partial charge in [-0.05, 0) is 44.9 Å². The Morgan fingerprint density at radius 3 is 2.91 bits per heavy atom. The summed E-state index contributed by atoms with van der Waals surface area (Å²) in [6.45, 7) is 1.87. The fourth-order valence-corrected chi connectivity index (χ4v) is 1.60. The van der Waals surface area contributed by atoms with Crippen LogP contribution in [0.1, 0.15) is 39.0 Å². The molecule has 1 nitrogen and oxygen atoms in total. The minimum atomic E-state index is -0.110. The second-order valence-corrected chi connectivity index (χ2v) is 3.58. The van der Waals surface area contributed by atoms with Gasteiger partial charge in [-0.2, -0.15) is 0 Å². The van der Waals surface area contributed by atoms with Crippen LogP contribution in [-0.4, -0.2) is 11.2 Å². The van der Waals surface area contributed by atoms with E-state index in [4.69, 9.17) is 5.11 Å². The molecule has 0 fully saturated rings. The lowest BCUT2D eigenvalue weighted by Crippen LogP contribution is -2.07. The minimum Gasteiger partial charge on any atom is -0.393 e. The van der Waals surface area contributed by atoms with E-state index in [1.54, 1.807) is 0 Å². The van der Waals surface area contributed by atoms with E-state index in [1.807, 2.05) is 6.92 Å². The Bertz CT molecular complexity index is 127. The smallest absolute Gasteiger partial charge is 0.0512 e. The summed E-state index contributed by atoms with van der Waals surface area (Å²) in [5.41, 5.74) is 0. The van der Waals surface area contributed by atoms with Crippen molar-refractivity contribution in [1.29, 1.82) is 0 Å². The molecule has 1 N–H and O–H groups in total. The largest absolute Gasteiger partial charge is 0.393 e. The lowest BCUT2D eigenvalue weighted by Gasteiger charge is -2.17. The number of aliphatic hydroxyl groups excluding tert-OH is 1. The van der Waals surface area contributed by atoms with Gasteiger partial charge in [0.2, 0.25) is 0 Å². The summed E-state index contributed by atoms with van der Waals surface area (Å²) in [7, 11) is 0. The summed E-state index contributed by atoms with van der Waals surface area (Å²) in [6.07, 6.45) is 10.4. The molecule has 0 spiro atoms. The summed E-state index contributed by atoms with van der Waals surface area (Å²) in [5.74, 6) is 0.842. The zero-order valence-corrected chi connectivity index (χ0v) is 7.29. The van der Waals surface area contributed by atoms with Gasteiger partial charge in [-0.25, -0.2) is 0 Å². The van der Waals surface area contributed by atoms with E-state index in [0.29, 0.717) is 0 Å². The van der Waals surface area contributed by atoms with Crippen LogP contribution >= 0.6 is 0 Å². The first-order valence-corrected chi connectivity index (χ1v) is 4.62. The van der Waals surface area contributed by atoms with Crippen molar-refractivity contribution in [2.24, 2.45) is 5.92 Å². The number of hydrogen-bond acceptors (Lipinski definition) is 1. The topological polar surface area (TPSA) is 20.2 Å². The third-order valence-electron chi connectivity index (χ3n) is 2.37. The van der Waals surface area contributed by atoms with Gasteiger partial charge in [0.05, 0.1) is 6.10 Å². The molecule has 11 heavy (non-hydrogen) atoms. The van der Waals surface area contributed by atoms with Gasteiger partial charge in [-0.15, -0.1) is 0 Å². The van der Waals surface area contributed by atoms with E-state index in [2.05, 4.69) is 12.2 Å². The normalized spacial score (nSPS) is 26.9. The van der Waals surface area contributed by atoms with Crippen LogP contribution < -0.4 is 0 Å². The van der Waals surface area contributed by atoms with Gasteiger partial charge in [0.25, 0.3) is 0 Å². The number of hydrogen-bond donors (Lipinski definition) is 1. The first-order valence-electron chi connectivity index (χ1n) is 4.62. The maximum Gasteiger partial charge on any atom is 0.0512 e. The Labute approximate surface area is 69.1 Å². The second-order valence-electron chi connectivity index (χ2n) is 3.58. The summed E-state index contributed by atoms with van der Waals surface area (Å²) in [5, 5.41) is 9.06. The summed E-state index contributed by atoms with van der Waals surface area (Å²) < 4.78 is 0. The maximum atomic E-state index is 9.06. The molecule has 64 valence electrons. The molecular formula is C10H18O. The van der Waals surface area contributed by atoms with Crippen molar-refractivity contribution in [3.63, 3.8) is 0 Å². The van der Waals surface area contributed by atoms with Gasteiger partial charge in [0.15, 0.2) is 0 Å². The first kappa shape index (κ1) is 8.79. The zero-order chi connectivity index (χ0) is 8.10. The Morgan fingerprint density at radius 1 is 1.55 bits per heavy atom. The number of aliphatic hydroxyl groups is 1. The molecule has 1 heteroatoms. The van der Waals surface area contributed by atoms with Crippen molar-refractivity contribution in [1.82, 2.24) is 0 Å². The van der Waals surface area contributed by atoms with Crippen LogP contribution in [0.25, 0.3) is 0 Å². The van der Waals surface area contributed by atoms with Gasteiger partial charge in [0, 0.05) is 0 Å². The Hall–Kier alpha value is -0.300. The molecule has 0 aromatic rings. The SMILES string of the molecule is C[C@H](O)CC[C@@H]1CC=CCC1. The van der Waals surface area contributed by atoms with Crippen LogP contribution in [0.4, 0.5) is 0 Å². The summed E-state index contributed by atoms with van der Waals surface area (Å²) in [6, 6.07) is 0. The molecule has 0 amide bonds. The first-order chi connectivity index (χ1) is 5.29. The zero-order valence-electron chi connectivity index (χ0n) is 7.29. The van der Waals surface area contributed by atoms with Crippen molar-refractivity contribution in [3.8, 4) is 0 Å². The molecule has 0 aromatic heterocycles. The van der Waals surface area contributed by atoms with Crippen molar-refractivity contribution in [2.45, 2.75) is 45.1 Å². The number of allylic oxidation sites excluding steroid dienone is 2. The van der Waals surface area contributed by atoms with E-state index in [1.165, 1.54) is 25.7 Å². The van der Waals surface area contributed by atoms with E-state index < -0.39 is 0 Å². The van der Waals surface area contributed by atoms with Gasteiger partial charge in [-0.3, -0.25) is 0 Å². The Kier molecular flexibility index (Phi) is 3.64. The molecule has 1 aliphatic carbocycles. The lowest BCUT2D eigenvalue weighted by molar-refractivity contribution is 0.172. The molecule has 0 unspecified atom stereocenters. The predicted octanol–water partition coefficient (Wildman–Crippen LogP) is 2.50. The van der Waals surface area contributed by atoms with Crippen LogP contribution in [0, 0.1) is 5.92 Å². The molecule has 0 heterocycles. The molecule has 0 aromatic carbocycles. The Balaban J connectivity index is 2.11.